The van der Waals surface area contributed by atoms with Crippen molar-refractivity contribution >= 4 is 11.2 Å². The summed E-state index contributed by atoms with van der Waals surface area (Å²) in [6.45, 7) is 0. The molecule has 3 aromatic rings. The third-order valence-corrected chi connectivity index (χ3v) is 2.85. The van der Waals surface area contributed by atoms with Gasteiger partial charge in [0.05, 0.1) is 5.56 Å². The highest BCUT2D eigenvalue weighted by molar-refractivity contribution is 5.76. The Kier molecular flexibility index (Phi) is 2.63. The Balaban J connectivity index is 2.18. The lowest BCUT2D eigenvalue weighted by Crippen LogP contribution is -2.05. The van der Waals surface area contributed by atoms with Crippen molar-refractivity contribution in [2.45, 2.75) is 6.18 Å². The van der Waals surface area contributed by atoms with Crippen LogP contribution in [0, 0.1) is 0 Å². The normalized spacial score (nSPS) is 11.9. The van der Waals surface area contributed by atoms with Gasteiger partial charge in [-0.25, -0.2) is 9.97 Å². The molecule has 4 nitrogen and oxygen atoms in total. The molecule has 0 bridgehead atoms. The highest BCUT2D eigenvalue weighted by Crippen LogP contribution is 2.32. The van der Waals surface area contributed by atoms with Crippen LogP contribution < -0.4 is 0 Å². The smallest absolute Gasteiger partial charge is 0.416 e. The van der Waals surface area contributed by atoms with E-state index in [0.717, 1.165) is 16.9 Å². The second-order valence-corrected chi connectivity index (χ2v) is 4.17. The minimum absolute atomic E-state index is 0.0183. The molecule has 0 unspecified atom stereocenters. The molecular weight excluding hydrogens is 271 g/mol. The number of imidazole rings is 1. The van der Waals surface area contributed by atoms with Gasteiger partial charge in [-0.15, -0.1) is 0 Å². The van der Waals surface area contributed by atoms with E-state index >= 15 is 0 Å². The van der Waals surface area contributed by atoms with Crippen LogP contribution in [0.3, 0.4) is 0 Å². The minimum atomic E-state index is -4.44. The number of rotatable bonds is 1. The zero-order valence-corrected chi connectivity index (χ0v) is 9.96. The minimum Gasteiger partial charge on any atom is -0.426 e. The van der Waals surface area contributed by atoms with Gasteiger partial charge in [0.15, 0.2) is 11.5 Å². The quantitative estimate of drug-likeness (QED) is 0.695. The van der Waals surface area contributed by atoms with Crippen LogP contribution in [-0.2, 0) is 6.18 Å². The molecule has 0 saturated carbocycles. The van der Waals surface area contributed by atoms with E-state index in [-0.39, 0.29) is 17.0 Å². The average Bonchev–Trinajstić information content (AvgIpc) is 2.76. The van der Waals surface area contributed by atoms with Crippen LogP contribution in [0.15, 0.2) is 42.6 Å². The standard InChI is InChI=1S/C13H8F3N3O/c14-13(15,16)9-4-1-3-8(7-9)12-18-11-10(19(12)20)5-2-6-17-11/h1-7,20H. The summed E-state index contributed by atoms with van der Waals surface area (Å²) in [6.07, 6.45) is -2.95. The van der Waals surface area contributed by atoms with Crippen molar-refractivity contribution in [3.8, 4) is 11.4 Å². The van der Waals surface area contributed by atoms with E-state index in [0.29, 0.717) is 5.52 Å². The molecule has 0 aliphatic carbocycles. The molecule has 102 valence electrons. The van der Waals surface area contributed by atoms with Crippen LogP contribution in [0.25, 0.3) is 22.6 Å². The molecule has 20 heavy (non-hydrogen) atoms. The molecule has 0 amide bonds. The van der Waals surface area contributed by atoms with Gasteiger partial charge in [0.1, 0.15) is 5.52 Å². The maximum Gasteiger partial charge on any atom is 0.416 e. The Hall–Kier alpha value is -2.57. The van der Waals surface area contributed by atoms with Gasteiger partial charge >= 0.3 is 6.18 Å². The largest absolute Gasteiger partial charge is 0.426 e. The molecule has 0 saturated heterocycles. The van der Waals surface area contributed by atoms with Crippen LogP contribution in [0.4, 0.5) is 13.2 Å². The van der Waals surface area contributed by atoms with E-state index in [9.17, 15) is 18.4 Å². The summed E-state index contributed by atoms with van der Waals surface area (Å²) < 4.78 is 38.8. The summed E-state index contributed by atoms with van der Waals surface area (Å²) in [5.41, 5.74) is -0.0299. The van der Waals surface area contributed by atoms with Gasteiger partial charge in [-0.2, -0.15) is 17.9 Å². The number of hydrogen-bond acceptors (Lipinski definition) is 3. The molecule has 2 heterocycles. The first-order valence-electron chi connectivity index (χ1n) is 5.67. The third-order valence-electron chi connectivity index (χ3n) is 2.85. The number of halogens is 3. The fourth-order valence-electron chi connectivity index (χ4n) is 1.92. The van der Waals surface area contributed by atoms with Gasteiger partial charge in [-0.1, -0.05) is 12.1 Å². The van der Waals surface area contributed by atoms with Crippen molar-refractivity contribution in [2.24, 2.45) is 0 Å². The van der Waals surface area contributed by atoms with E-state index in [1.165, 1.54) is 18.3 Å². The van der Waals surface area contributed by atoms with Crippen molar-refractivity contribution in [2.75, 3.05) is 0 Å². The average molecular weight is 279 g/mol. The maximum absolute atomic E-state index is 12.7. The van der Waals surface area contributed by atoms with Gasteiger partial charge in [-0.05, 0) is 24.3 Å². The van der Waals surface area contributed by atoms with E-state index in [1.54, 1.807) is 12.1 Å². The fourth-order valence-corrected chi connectivity index (χ4v) is 1.92. The first-order valence-corrected chi connectivity index (χ1v) is 5.67. The summed E-state index contributed by atoms with van der Waals surface area (Å²) in [6, 6.07) is 7.80. The lowest BCUT2D eigenvalue weighted by molar-refractivity contribution is -0.137. The molecule has 1 aromatic carbocycles. The third kappa shape index (κ3) is 1.97. The molecule has 0 aliphatic heterocycles. The Morgan fingerprint density at radius 2 is 1.90 bits per heavy atom. The topological polar surface area (TPSA) is 50.9 Å². The zero-order chi connectivity index (χ0) is 14.3. The zero-order valence-electron chi connectivity index (χ0n) is 9.96. The Bertz CT molecular complexity index is 780. The van der Waals surface area contributed by atoms with E-state index < -0.39 is 11.7 Å². The van der Waals surface area contributed by atoms with Crippen LogP contribution in [0.1, 0.15) is 5.56 Å². The van der Waals surface area contributed by atoms with Crippen LogP contribution in [0.5, 0.6) is 0 Å². The Morgan fingerprint density at radius 3 is 2.60 bits per heavy atom. The fraction of sp³-hybridized carbons (Fsp3) is 0.0769. The number of nitrogens with zero attached hydrogens (tertiary/aromatic N) is 3. The lowest BCUT2D eigenvalue weighted by atomic mass is 10.1. The van der Waals surface area contributed by atoms with Gasteiger partial charge in [-0.3, -0.25) is 0 Å². The van der Waals surface area contributed by atoms with Crippen LogP contribution >= 0.6 is 0 Å². The molecule has 0 spiro atoms. The van der Waals surface area contributed by atoms with Crippen molar-refractivity contribution in [1.29, 1.82) is 0 Å². The van der Waals surface area contributed by atoms with Crippen LogP contribution in [0.2, 0.25) is 0 Å². The second-order valence-electron chi connectivity index (χ2n) is 4.17. The number of aromatic nitrogens is 3. The SMILES string of the molecule is On1c(-c2cccc(C(F)(F)F)c2)nc2ncccc21. The summed E-state index contributed by atoms with van der Waals surface area (Å²) in [4.78, 5) is 7.99. The molecule has 0 aliphatic rings. The number of alkyl halides is 3. The highest BCUT2D eigenvalue weighted by atomic mass is 19.4. The summed E-state index contributed by atoms with van der Waals surface area (Å²) >= 11 is 0. The number of fused-ring (bicyclic) bond motifs is 1. The lowest BCUT2D eigenvalue weighted by Gasteiger charge is -2.08. The monoisotopic (exact) mass is 279 g/mol. The molecule has 3 rings (SSSR count). The molecule has 0 atom stereocenters. The van der Waals surface area contributed by atoms with Crippen molar-refractivity contribution in [3.05, 3.63) is 48.2 Å². The predicted octanol–water partition coefficient (Wildman–Crippen LogP) is 3.35. The number of hydrogen-bond donors (Lipinski definition) is 1. The Labute approximate surface area is 111 Å². The van der Waals surface area contributed by atoms with E-state index in [4.69, 9.17) is 0 Å². The molecular formula is C13H8F3N3O. The number of benzene rings is 1. The van der Waals surface area contributed by atoms with Gasteiger partial charge in [0.2, 0.25) is 0 Å². The van der Waals surface area contributed by atoms with Gasteiger partial charge < -0.3 is 5.21 Å². The van der Waals surface area contributed by atoms with E-state index in [2.05, 4.69) is 9.97 Å². The molecule has 0 radical (unpaired) electrons. The van der Waals surface area contributed by atoms with Gasteiger partial charge in [0.25, 0.3) is 0 Å². The number of pyridine rings is 1. The first kappa shape index (κ1) is 12.5. The summed E-state index contributed by atoms with van der Waals surface area (Å²) in [7, 11) is 0. The van der Waals surface area contributed by atoms with Crippen LogP contribution in [-0.4, -0.2) is 19.9 Å². The van der Waals surface area contributed by atoms with E-state index in [1.807, 2.05) is 0 Å². The Morgan fingerprint density at radius 1 is 1.10 bits per heavy atom. The van der Waals surface area contributed by atoms with Crippen molar-refractivity contribution in [3.63, 3.8) is 0 Å². The maximum atomic E-state index is 12.7. The summed E-state index contributed by atoms with van der Waals surface area (Å²) in [5.74, 6) is 0.0183. The van der Waals surface area contributed by atoms with Crippen molar-refractivity contribution in [1.82, 2.24) is 14.7 Å². The highest BCUT2D eigenvalue weighted by Gasteiger charge is 2.30. The molecule has 2 aromatic heterocycles. The first-order chi connectivity index (χ1) is 9.47. The second kappa shape index (κ2) is 4.22. The van der Waals surface area contributed by atoms with Crippen molar-refractivity contribution < 1.29 is 18.4 Å². The van der Waals surface area contributed by atoms with Gasteiger partial charge in [0, 0.05) is 11.8 Å². The predicted molar refractivity (Wildman–Crippen MR) is 65.2 cm³/mol. The summed E-state index contributed by atoms with van der Waals surface area (Å²) in [5, 5.41) is 9.97. The molecule has 1 N–H and O–H groups in total. The molecule has 0 fully saturated rings. The molecule has 7 heteroatoms.